The van der Waals surface area contributed by atoms with Crippen LogP contribution in [-0.4, -0.2) is 34.3 Å². The number of rotatable bonds is 3. The zero-order valence-electron chi connectivity index (χ0n) is 13.9. The average molecular weight is 343 g/mol. The molecule has 2 aromatic rings. The van der Waals surface area contributed by atoms with E-state index in [0.29, 0.717) is 12.1 Å². The number of likely N-dealkylation sites (tertiary alicyclic amines) is 1. The van der Waals surface area contributed by atoms with Gasteiger partial charge < -0.3 is 10.6 Å². The van der Waals surface area contributed by atoms with Gasteiger partial charge in [-0.15, -0.1) is 11.3 Å². The first kappa shape index (κ1) is 16.6. The van der Waals surface area contributed by atoms with Gasteiger partial charge in [-0.05, 0) is 38.8 Å². The van der Waals surface area contributed by atoms with Crippen LogP contribution in [0.1, 0.15) is 35.8 Å². The van der Waals surface area contributed by atoms with Crippen LogP contribution in [0.15, 0.2) is 29.6 Å². The standard InChI is InChI=1S/C18H21N3O2S/c1-11-10-24-17(20-11)13-5-7-14(8-6-13)18(23)21-9-15(16(19)22)4-3-12(21)2/h5-8,10,12,15H,3-4,9H2,1-2H3,(H2,19,22)/t12-,15+/m0/s1. The van der Waals surface area contributed by atoms with E-state index >= 15 is 0 Å². The van der Waals surface area contributed by atoms with Gasteiger partial charge in [0.25, 0.3) is 5.91 Å². The van der Waals surface area contributed by atoms with Crippen molar-refractivity contribution in [2.45, 2.75) is 32.7 Å². The second-order valence-electron chi connectivity index (χ2n) is 6.35. The van der Waals surface area contributed by atoms with Gasteiger partial charge in [0.15, 0.2) is 0 Å². The number of carbonyl (C=O) groups excluding carboxylic acids is 2. The molecule has 2 atom stereocenters. The lowest BCUT2D eigenvalue weighted by atomic mass is 9.92. The van der Waals surface area contributed by atoms with Crippen molar-refractivity contribution >= 4 is 23.2 Å². The van der Waals surface area contributed by atoms with Gasteiger partial charge in [-0.1, -0.05) is 12.1 Å². The van der Waals surface area contributed by atoms with Gasteiger partial charge in [-0.25, -0.2) is 4.98 Å². The van der Waals surface area contributed by atoms with Crippen LogP contribution >= 0.6 is 11.3 Å². The third kappa shape index (κ3) is 3.33. The SMILES string of the molecule is Cc1csc(-c2ccc(C(=O)N3C[C@H](C(N)=O)CC[C@@H]3C)cc2)n1. The fourth-order valence-corrected chi connectivity index (χ4v) is 3.83. The van der Waals surface area contributed by atoms with E-state index in [1.54, 1.807) is 16.2 Å². The minimum Gasteiger partial charge on any atom is -0.369 e. The van der Waals surface area contributed by atoms with Crippen LogP contribution in [0.3, 0.4) is 0 Å². The van der Waals surface area contributed by atoms with Crippen LogP contribution < -0.4 is 5.73 Å². The molecule has 0 bridgehead atoms. The van der Waals surface area contributed by atoms with Gasteiger partial charge in [0, 0.05) is 34.8 Å². The number of nitrogens with zero attached hydrogens (tertiary/aromatic N) is 2. The van der Waals surface area contributed by atoms with E-state index in [1.807, 2.05) is 43.5 Å². The second-order valence-corrected chi connectivity index (χ2v) is 7.21. The molecule has 2 heterocycles. The molecular formula is C18H21N3O2S. The topological polar surface area (TPSA) is 76.3 Å². The van der Waals surface area contributed by atoms with Crippen LogP contribution in [0.25, 0.3) is 10.6 Å². The van der Waals surface area contributed by atoms with Crippen LogP contribution in [0, 0.1) is 12.8 Å². The molecule has 1 aliphatic rings. The Morgan fingerprint density at radius 2 is 1.96 bits per heavy atom. The second kappa shape index (κ2) is 6.73. The van der Waals surface area contributed by atoms with Crippen molar-refractivity contribution in [3.8, 4) is 10.6 Å². The van der Waals surface area contributed by atoms with E-state index in [9.17, 15) is 9.59 Å². The monoisotopic (exact) mass is 343 g/mol. The first-order valence-electron chi connectivity index (χ1n) is 8.08. The molecule has 24 heavy (non-hydrogen) atoms. The number of benzene rings is 1. The minimum atomic E-state index is -0.325. The summed E-state index contributed by atoms with van der Waals surface area (Å²) in [5, 5.41) is 2.96. The normalized spacial score (nSPS) is 20.8. The highest BCUT2D eigenvalue weighted by Gasteiger charge is 2.32. The molecule has 0 spiro atoms. The third-order valence-corrected chi connectivity index (χ3v) is 5.55. The molecule has 2 N–H and O–H groups in total. The van der Waals surface area contributed by atoms with E-state index in [2.05, 4.69) is 4.98 Å². The first-order valence-corrected chi connectivity index (χ1v) is 8.96. The molecule has 1 aliphatic heterocycles. The van der Waals surface area contributed by atoms with Crippen LogP contribution in [-0.2, 0) is 4.79 Å². The van der Waals surface area contributed by atoms with Crippen LogP contribution in [0.2, 0.25) is 0 Å². The van der Waals surface area contributed by atoms with Gasteiger partial charge in [0.2, 0.25) is 5.91 Å². The molecule has 1 fully saturated rings. The number of aromatic nitrogens is 1. The lowest BCUT2D eigenvalue weighted by Gasteiger charge is -2.37. The minimum absolute atomic E-state index is 0.0460. The van der Waals surface area contributed by atoms with Gasteiger partial charge >= 0.3 is 0 Å². The summed E-state index contributed by atoms with van der Waals surface area (Å²) >= 11 is 1.59. The molecule has 0 aliphatic carbocycles. The molecule has 3 rings (SSSR count). The number of thiazole rings is 1. The van der Waals surface area contributed by atoms with Crippen LogP contribution in [0.4, 0.5) is 0 Å². The van der Waals surface area contributed by atoms with Crippen LogP contribution in [0.5, 0.6) is 0 Å². The summed E-state index contributed by atoms with van der Waals surface area (Å²) in [5.41, 5.74) is 8.05. The number of amides is 2. The number of carbonyl (C=O) groups is 2. The third-order valence-electron chi connectivity index (χ3n) is 4.54. The lowest BCUT2D eigenvalue weighted by Crippen LogP contribution is -2.48. The quantitative estimate of drug-likeness (QED) is 0.931. The molecule has 0 radical (unpaired) electrons. The smallest absolute Gasteiger partial charge is 0.254 e. The number of nitrogens with two attached hydrogens (primary N) is 1. The molecular weight excluding hydrogens is 322 g/mol. The van der Waals surface area contributed by atoms with E-state index in [1.165, 1.54) is 0 Å². The number of hydrogen-bond acceptors (Lipinski definition) is 4. The molecule has 2 amide bonds. The number of primary amides is 1. The molecule has 5 nitrogen and oxygen atoms in total. The van der Waals surface area contributed by atoms with Gasteiger partial charge in [0.05, 0.1) is 5.92 Å². The Labute approximate surface area is 145 Å². The molecule has 1 aromatic carbocycles. The summed E-state index contributed by atoms with van der Waals surface area (Å²) in [4.78, 5) is 30.5. The van der Waals surface area contributed by atoms with Crippen molar-refractivity contribution < 1.29 is 9.59 Å². The predicted molar refractivity (Wildman–Crippen MR) is 94.7 cm³/mol. The Bertz CT molecular complexity index is 754. The highest BCUT2D eigenvalue weighted by Crippen LogP contribution is 2.26. The Balaban J connectivity index is 1.78. The fraction of sp³-hybridized carbons (Fsp3) is 0.389. The Morgan fingerprint density at radius 1 is 1.25 bits per heavy atom. The fourth-order valence-electron chi connectivity index (χ4n) is 3.03. The van der Waals surface area contributed by atoms with Crippen molar-refractivity contribution in [3.05, 3.63) is 40.9 Å². The van der Waals surface area contributed by atoms with E-state index < -0.39 is 0 Å². The summed E-state index contributed by atoms with van der Waals surface area (Å²) in [6.07, 6.45) is 1.55. The van der Waals surface area contributed by atoms with Crippen molar-refractivity contribution in [1.29, 1.82) is 0 Å². The van der Waals surface area contributed by atoms with Crippen molar-refractivity contribution in [3.63, 3.8) is 0 Å². The number of aryl methyl sites for hydroxylation is 1. The maximum absolute atomic E-state index is 12.8. The zero-order valence-corrected chi connectivity index (χ0v) is 14.7. The molecule has 126 valence electrons. The van der Waals surface area contributed by atoms with E-state index in [4.69, 9.17) is 5.73 Å². The zero-order chi connectivity index (χ0) is 17.3. The van der Waals surface area contributed by atoms with Gasteiger partial charge in [-0.3, -0.25) is 9.59 Å². The Morgan fingerprint density at radius 3 is 2.54 bits per heavy atom. The number of hydrogen-bond donors (Lipinski definition) is 1. The largest absolute Gasteiger partial charge is 0.369 e. The summed E-state index contributed by atoms with van der Waals surface area (Å²) in [6, 6.07) is 7.62. The van der Waals surface area contributed by atoms with Crippen molar-refractivity contribution in [1.82, 2.24) is 9.88 Å². The molecule has 0 saturated carbocycles. The summed E-state index contributed by atoms with van der Waals surface area (Å²) in [5.74, 6) is -0.618. The van der Waals surface area contributed by atoms with E-state index in [-0.39, 0.29) is 23.8 Å². The summed E-state index contributed by atoms with van der Waals surface area (Å²) < 4.78 is 0. The summed E-state index contributed by atoms with van der Waals surface area (Å²) in [6.45, 7) is 4.38. The Hall–Kier alpha value is -2.21. The van der Waals surface area contributed by atoms with Crippen molar-refractivity contribution in [2.75, 3.05) is 6.54 Å². The highest BCUT2D eigenvalue weighted by molar-refractivity contribution is 7.13. The molecule has 0 unspecified atom stereocenters. The van der Waals surface area contributed by atoms with E-state index in [0.717, 1.165) is 29.1 Å². The first-order chi connectivity index (χ1) is 11.5. The lowest BCUT2D eigenvalue weighted by molar-refractivity contribution is -0.123. The molecule has 1 aromatic heterocycles. The van der Waals surface area contributed by atoms with Gasteiger partial charge in [0.1, 0.15) is 5.01 Å². The predicted octanol–water partition coefficient (Wildman–Crippen LogP) is 2.84. The maximum atomic E-state index is 12.8. The number of piperidine rings is 1. The molecule has 1 saturated heterocycles. The average Bonchev–Trinajstić information content (AvgIpc) is 3.01. The Kier molecular flexibility index (Phi) is 4.66. The maximum Gasteiger partial charge on any atom is 0.254 e. The highest BCUT2D eigenvalue weighted by atomic mass is 32.1. The van der Waals surface area contributed by atoms with Crippen molar-refractivity contribution in [2.24, 2.45) is 11.7 Å². The summed E-state index contributed by atoms with van der Waals surface area (Å²) in [7, 11) is 0. The van der Waals surface area contributed by atoms with Gasteiger partial charge in [-0.2, -0.15) is 0 Å². The molecule has 6 heteroatoms.